The summed E-state index contributed by atoms with van der Waals surface area (Å²) in [5.41, 5.74) is 5.02. The normalized spacial score (nSPS) is 30.1. The highest BCUT2D eigenvalue weighted by molar-refractivity contribution is 6.28. The number of benzene rings is 1. The molecule has 3 aliphatic carbocycles. The van der Waals surface area contributed by atoms with Crippen LogP contribution < -0.4 is 5.73 Å². The second kappa shape index (κ2) is 8.56. The first-order valence-electron chi connectivity index (χ1n) is 11.1. The van der Waals surface area contributed by atoms with E-state index in [0.29, 0.717) is 5.56 Å². The third-order valence-corrected chi connectivity index (χ3v) is 7.26. The van der Waals surface area contributed by atoms with Crippen LogP contribution in [0.4, 0.5) is 0 Å². The summed E-state index contributed by atoms with van der Waals surface area (Å²) in [4.78, 5) is 53.3. The number of primary amides is 1. The molecule has 1 fully saturated rings. The number of nitrogens with zero attached hydrogens (tertiary/aromatic N) is 1. The largest absolute Gasteiger partial charge is 0.510 e. The Morgan fingerprint density at radius 2 is 1.80 bits per heavy atom. The van der Waals surface area contributed by atoms with Crippen LogP contribution in [-0.2, 0) is 23.9 Å². The summed E-state index contributed by atoms with van der Waals surface area (Å²) in [6, 6.07) is 3.52. The Balaban J connectivity index is 2.04. The van der Waals surface area contributed by atoms with Gasteiger partial charge in [-0.05, 0) is 31.6 Å². The first kappa shape index (κ1) is 24.5. The van der Waals surface area contributed by atoms with Gasteiger partial charge in [0, 0.05) is 23.7 Å². The van der Waals surface area contributed by atoms with Gasteiger partial charge in [0.05, 0.1) is 25.4 Å². The minimum absolute atomic E-state index is 0.0443. The molecule has 11 heteroatoms. The van der Waals surface area contributed by atoms with Gasteiger partial charge in [-0.1, -0.05) is 19.1 Å². The number of ketones is 2. The second-order valence-corrected chi connectivity index (χ2v) is 9.29. The zero-order valence-electron chi connectivity index (χ0n) is 19.4. The molecular weight excluding hydrogens is 455 g/mol. The van der Waals surface area contributed by atoms with Gasteiger partial charge >= 0.3 is 0 Å². The molecule has 4 rings (SSSR count). The summed E-state index contributed by atoms with van der Waals surface area (Å²) in [6.07, 6.45) is -1.68. The van der Waals surface area contributed by atoms with Crippen LogP contribution in [0, 0.1) is 17.8 Å². The van der Waals surface area contributed by atoms with Crippen molar-refractivity contribution in [3.63, 3.8) is 0 Å². The SMILES string of the molecule is [B]CC(=O)O[C@H]1[C@H]2C(=C(O)c3c(O)cccc3[C@@H]2C)C(=O)C2C(=O)C(C(N)=O)=C(O)[C@@H](N(C)C)[C@@H]21. The van der Waals surface area contributed by atoms with E-state index in [4.69, 9.17) is 18.3 Å². The van der Waals surface area contributed by atoms with Crippen molar-refractivity contribution in [3.8, 4) is 5.75 Å². The standard InChI is InChI=1S/C24H25BN2O8/c1-8-9-5-4-6-10(28)13(9)19(30)15-12(8)23(35-11(29)7-25)14-16(20(15)31)21(32)17(24(26)34)22(33)18(14)27(2)3/h4-6,8,12,14,16,18,23,28,30,33H,7H2,1-3H3,(H2,26,34)/t8-,12+,14+,16?,18-,23-/m0/s1. The molecule has 0 aliphatic heterocycles. The van der Waals surface area contributed by atoms with Crippen molar-refractivity contribution in [2.75, 3.05) is 14.1 Å². The third kappa shape index (κ3) is 3.44. The smallest absolute Gasteiger partial charge is 0.297 e. The summed E-state index contributed by atoms with van der Waals surface area (Å²) in [6.45, 7) is 1.74. The molecule has 5 N–H and O–H groups in total. The number of rotatable bonds is 4. The van der Waals surface area contributed by atoms with Crippen molar-refractivity contribution in [3.05, 3.63) is 46.2 Å². The minimum Gasteiger partial charge on any atom is -0.510 e. The summed E-state index contributed by atoms with van der Waals surface area (Å²) in [7, 11) is 8.63. The molecule has 35 heavy (non-hydrogen) atoms. The Bertz CT molecular complexity index is 1220. The van der Waals surface area contributed by atoms with Crippen LogP contribution in [0.15, 0.2) is 35.1 Å². The first-order chi connectivity index (χ1) is 16.4. The molecule has 1 aromatic carbocycles. The minimum atomic E-state index is -1.58. The quantitative estimate of drug-likeness (QED) is 0.208. The predicted molar refractivity (Wildman–Crippen MR) is 123 cm³/mol. The number of phenolic OH excluding ortho intramolecular Hbond substituents is 1. The van der Waals surface area contributed by atoms with E-state index in [2.05, 4.69) is 0 Å². The molecular formula is C24H25BN2O8. The Labute approximate surface area is 202 Å². The van der Waals surface area contributed by atoms with Crippen molar-refractivity contribution in [2.24, 2.45) is 23.5 Å². The fourth-order valence-electron chi connectivity index (χ4n) is 5.89. The molecule has 10 nitrogen and oxygen atoms in total. The number of amides is 1. The molecule has 0 heterocycles. The van der Waals surface area contributed by atoms with Gasteiger partial charge in [0.25, 0.3) is 11.9 Å². The van der Waals surface area contributed by atoms with Gasteiger partial charge in [-0.15, -0.1) is 0 Å². The predicted octanol–water partition coefficient (Wildman–Crippen LogP) is 0.519. The number of carbonyl (C=O) groups is 4. The van der Waals surface area contributed by atoms with Crippen LogP contribution in [0.1, 0.15) is 24.0 Å². The molecule has 0 spiro atoms. The summed E-state index contributed by atoms with van der Waals surface area (Å²) >= 11 is 0. The topological polar surface area (TPSA) is 167 Å². The van der Waals surface area contributed by atoms with E-state index >= 15 is 0 Å². The van der Waals surface area contributed by atoms with Crippen LogP contribution in [0.2, 0.25) is 6.32 Å². The molecule has 3 aliphatic rings. The van der Waals surface area contributed by atoms with Crippen molar-refractivity contribution in [1.82, 2.24) is 4.90 Å². The van der Waals surface area contributed by atoms with E-state index in [9.17, 15) is 34.5 Å². The molecule has 1 amide bonds. The van der Waals surface area contributed by atoms with E-state index in [1.807, 2.05) is 0 Å². The van der Waals surface area contributed by atoms with E-state index < -0.39 is 82.7 Å². The lowest BCUT2D eigenvalue weighted by Gasteiger charge is -2.51. The van der Waals surface area contributed by atoms with Gasteiger partial charge in [-0.25, -0.2) is 0 Å². The number of aliphatic hydroxyl groups excluding tert-OH is 2. The lowest BCUT2D eigenvalue weighted by molar-refractivity contribution is -0.165. The lowest BCUT2D eigenvalue weighted by atomic mass is 9.56. The number of nitrogens with two attached hydrogens (primary N) is 1. The molecule has 182 valence electrons. The summed E-state index contributed by atoms with van der Waals surface area (Å²) < 4.78 is 5.71. The molecule has 2 radical (unpaired) electrons. The molecule has 1 aromatic rings. The highest BCUT2D eigenvalue weighted by Gasteiger charge is 2.62. The highest BCUT2D eigenvalue weighted by Crippen LogP contribution is 2.55. The van der Waals surface area contributed by atoms with Crippen LogP contribution in [-0.4, -0.2) is 77.7 Å². The van der Waals surface area contributed by atoms with Gasteiger partial charge in [0.2, 0.25) is 0 Å². The molecule has 1 unspecified atom stereocenters. The zero-order valence-corrected chi connectivity index (χ0v) is 19.4. The number of ether oxygens (including phenoxy) is 1. The third-order valence-electron chi connectivity index (χ3n) is 7.26. The number of hydrogen-bond donors (Lipinski definition) is 4. The highest BCUT2D eigenvalue weighted by atomic mass is 16.5. The van der Waals surface area contributed by atoms with Gasteiger partial charge < -0.3 is 25.8 Å². The number of aliphatic hydroxyl groups is 2. The van der Waals surface area contributed by atoms with Crippen molar-refractivity contribution in [2.45, 2.75) is 31.3 Å². The number of aromatic hydroxyl groups is 1. The Morgan fingerprint density at radius 3 is 2.37 bits per heavy atom. The monoisotopic (exact) mass is 480 g/mol. The van der Waals surface area contributed by atoms with E-state index in [1.54, 1.807) is 33.2 Å². The van der Waals surface area contributed by atoms with Crippen LogP contribution >= 0.6 is 0 Å². The number of fused-ring (bicyclic) bond motifs is 3. The molecule has 0 aromatic heterocycles. The Morgan fingerprint density at radius 1 is 1.14 bits per heavy atom. The Kier molecular flexibility index (Phi) is 6.00. The number of phenols is 1. The van der Waals surface area contributed by atoms with Crippen LogP contribution in [0.5, 0.6) is 5.75 Å². The van der Waals surface area contributed by atoms with E-state index in [1.165, 1.54) is 11.0 Å². The lowest BCUT2D eigenvalue weighted by Crippen LogP contribution is -2.62. The molecule has 0 bridgehead atoms. The number of carbonyl (C=O) groups excluding carboxylic acids is 4. The molecule has 1 saturated carbocycles. The van der Waals surface area contributed by atoms with Gasteiger partial charge in [-0.3, -0.25) is 24.1 Å². The molecule has 0 saturated heterocycles. The van der Waals surface area contributed by atoms with E-state index in [-0.39, 0.29) is 16.9 Å². The maximum atomic E-state index is 13.9. The van der Waals surface area contributed by atoms with Gasteiger partial charge in [0.15, 0.2) is 11.6 Å². The average Bonchev–Trinajstić information content (AvgIpc) is 2.77. The van der Waals surface area contributed by atoms with Crippen LogP contribution in [0.25, 0.3) is 5.76 Å². The van der Waals surface area contributed by atoms with Crippen molar-refractivity contribution >= 4 is 37.0 Å². The van der Waals surface area contributed by atoms with Crippen molar-refractivity contribution in [1.29, 1.82) is 0 Å². The van der Waals surface area contributed by atoms with E-state index in [0.717, 1.165) is 0 Å². The number of hydrogen-bond acceptors (Lipinski definition) is 9. The fraction of sp³-hybridized carbons (Fsp3) is 0.417. The molecule has 6 atom stereocenters. The number of likely N-dealkylation sites (N-methyl/N-ethyl adjacent to an activating group) is 1. The zero-order chi connectivity index (χ0) is 25.9. The second-order valence-electron chi connectivity index (χ2n) is 9.29. The average molecular weight is 480 g/mol. The number of Topliss-reactive ketones (excluding diaryl/α,β-unsaturated/α-hetero) is 2. The fourth-order valence-corrected chi connectivity index (χ4v) is 5.89. The summed E-state index contributed by atoms with van der Waals surface area (Å²) in [5.74, 6) is -9.41. The number of esters is 1. The maximum Gasteiger partial charge on any atom is 0.297 e. The first-order valence-corrected chi connectivity index (χ1v) is 11.1. The maximum absolute atomic E-state index is 13.9. The van der Waals surface area contributed by atoms with Crippen molar-refractivity contribution < 1.29 is 39.2 Å². The van der Waals surface area contributed by atoms with Gasteiger partial charge in [-0.2, -0.15) is 0 Å². The van der Waals surface area contributed by atoms with Crippen LogP contribution in [0.3, 0.4) is 0 Å². The Hall–Kier alpha value is -3.60. The summed E-state index contributed by atoms with van der Waals surface area (Å²) in [5, 5.41) is 32.5. The van der Waals surface area contributed by atoms with Gasteiger partial charge in [0.1, 0.15) is 28.9 Å².